The van der Waals surface area contributed by atoms with Crippen molar-refractivity contribution >= 4 is 21.8 Å². The van der Waals surface area contributed by atoms with E-state index >= 15 is 0 Å². The maximum atomic E-state index is 5.20. The van der Waals surface area contributed by atoms with Gasteiger partial charge in [0.25, 0.3) is 0 Å². The molecule has 1 fully saturated rings. The summed E-state index contributed by atoms with van der Waals surface area (Å²) >= 11 is 0. The molecule has 2 nitrogen and oxygen atoms in total. The summed E-state index contributed by atoms with van der Waals surface area (Å²) < 4.78 is 2.58. The van der Waals surface area contributed by atoms with Crippen LogP contribution >= 0.6 is 0 Å². The number of hydrogen-bond donors (Lipinski definition) is 0. The summed E-state index contributed by atoms with van der Waals surface area (Å²) in [5, 5.41) is 2.73. The molecule has 0 atom stereocenters. The number of benzene rings is 4. The van der Waals surface area contributed by atoms with Gasteiger partial charge in [-0.05, 0) is 78.6 Å². The summed E-state index contributed by atoms with van der Waals surface area (Å²) in [6.07, 6.45) is 12.7. The second kappa shape index (κ2) is 12.9. The topological polar surface area (TPSA) is 17.8 Å². The summed E-state index contributed by atoms with van der Waals surface area (Å²) in [6.45, 7) is 8.17. The van der Waals surface area contributed by atoms with Crippen LogP contribution in [0.2, 0.25) is 0 Å². The second-order valence-electron chi connectivity index (χ2n) is 11.0. The molecule has 0 bridgehead atoms. The first-order valence-corrected chi connectivity index (χ1v) is 14.8. The van der Waals surface area contributed by atoms with Gasteiger partial charge in [0.15, 0.2) is 0 Å². The first-order chi connectivity index (χ1) is 19.3. The fourth-order valence-electron chi connectivity index (χ4n) is 6.29. The van der Waals surface area contributed by atoms with Gasteiger partial charge in [-0.15, -0.1) is 13.2 Å². The molecule has 0 N–H and O–H groups in total. The van der Waals surface area contributed by atoms with Crippen molar-refractivity contribution in [3.05, 3.63) is 115 Å². The van der Waals surface area contributed by atoms with Crippen molar-refractivity contribution in [2.75, 3.05) is 0 Å². The van der Waals surface area contributed by atoms with E-state index in [0.29, 0.717) is 6.04 Å². The van der Waals surface area contributed by atoms with E-state index in [1.807, 2.05) is 0 Å². The average Bonchev–Trinajstić information content (AvgIpc) is 3.33. The highest BCUT2D eigenvalue weighted by atomic mass is 15.1. The molecule has 2 heteroatoms. The SMILES string of the molecule is C=C.Cc1ccc2c(c1)nc(-c1ccc(CCCc3cccc4ccccc34)cc1)n2C1CCCCCCC1. The molecule has 6 rings (SSSR count). The van der Waals surface area contributed by atoms with Crippen molar-refractivity contribution in [2.24, 2.45) is 0 Å². The summed E-state index contributed by atoms with van der Waals surface area (Å²) in [5.74, 6) is 1.15. The zero-order valence-electron chi connectivity index (χ0n) is 23.5. The summed E-state index contributed by atoms with van der Waals surface area (Å²) in [7, 11) is 0. The molecule has 0 radical (unpaired) electrons. The van der Waals surface area contributed by atoms with Crippen molar-refractivity contribution in [1.82, 2.24) is 9.55 Å². The van der Waals surface area contributed by atoms with E-state index in [-0.39, 0.29) is 0 Å². The fourth-order valence-corrected chi connectivity index (χ4v) is 6.29. The maximum absolute atomic E-state index is 5.20. The Kier molecular flexibility index (Phi) is 8.93. The first-order valence-electron chi connectivity index (χ1n) is 14.8. The van der Waals surface area contributed by atoms with Gasteiger partial charge in [-0.1, -0.05) is 105 Å². The highest BCUT2D eigenvalue weighted by Gasteiger charge is 2.21. The van der Waals surface area contributed by atoms with Crippen molar-refractivity contribution in [3.8, 4) is 11.4 Å². The van der Waals surface area contributed by atoms with Crippen LogP contribution in [0.15, 0.2) is 98.1 Å². The van der Waals surface area contributed by atoms with E-state index in [1.165, 1.54) is 83.5 Å². The van der Waals surface area contributed by atoms with Crippen LogP contribution in [-0.2, 0) is 12.8 Å². The zero-order valence-corrected chi connectivity index (χ0v) is 23.5. The van der Waals surface area contributed by atoms with E-state index < -0.39 is 0 Å². The van der Waals surface area contributed by atoms with Crippen LogP contribution in [0.25, 0.3) is 33.2 Å². The molecule has 0 spiro atoms. The predicted molar refractivity (Wildman–Crippen MR) is 168 cm³/mol. The number of aryl methyl sites for hydroxylation is 3. The third kappa shape index (κ3) is 6.17. The number of fused-ring (bicyclic) bond motifs is 2. The zero-order chi connectivity index (χ0) is 27.0. The third-order valence-electron chi connectivity index (χ3n) is 8.29. The lowest BCUT2D eigenvalue weighted by molar-refractivity contribution is 0.381. The van der Waals surface area contributed by atoms with Crippen molar-refractivity contribution in [3.63, 3.8) is 0 Å². The molecule has 1 aliphatic carbocycles. The molecule has 5 aromatic rings. The van der Waals surface area contributed by atoms with Crippen LogP contribution in [-0.4, -0.2) is 9.55 Å². The molecule has 1 heterocycles. The van der Waals surface area contributed by atoms with E-state index in [2.05, 4.69) is 110 Å². The minimum Gasteiger partial charge on any atom is -0.321 e. The first kappa shape index (κ1) is 26.9. The van der Waals surface area contributed by atoms with Gasteiger partial charge < -0.3 is 4.57 Å². The molecular formula is C37H42N2. The van der Waals surface area contributed by atoms with Gasteiger partial charge in [0.05, 0.1) is 11.0 Å². The third-order valence-corrected chi connectivity index (χ3v) is 8.29. The van der Waals surface area contributed by atoms with Crippen molar-refractivity contribution < 1.29 is 0 Å². The summed E-state index contributed by atoms with van der Waals surface area (Å²) in [6, 6.07) is 32.0. The van der Waals surface area contributed by atoms with E-state index in [1.54, 1.807) is 0 Å². The Morgan fingerprint density at radius 2 is 1.49 bits per heavy atom. The van der Waals surface area contributed by atoms with Crippen LogP contribution in [0.3, 0.4) is 0 Å². The fraction of sp³-hybridized carbons (Fsp3) is 0.324. The number of rotatable bonds is 6. The van der Waals surface area contributed by atoms with Gasteiger partial charge in [0, 0.05) is 11.6 Å². The maximum Gasteiger partial charge on any atom is 0.141 e. The van der Waals surface area contributed by atoms with E-state index in [0.717, 1.165) is 30.6 Å². The largest absolute Gasteiger partial charge is 0.321 e. The molecule has 39 heavy (non-hydrogen) atoms. The predicted octanol–water partition coefficient (Wildman–Crippen LogP) is 10.4. The minimum atomic E-state index is 0.545. The van der Waals surface area contributed by atoms with Crippen molar-refractivity contribution in [2.45, 2.75) is 77.2 Å². The monoisotopic (exact) mass is 514 g/mol. The van der Waals surface area contributed by atoms with Gasteiger partial charge in [0.1, 0.15) is 5.82 Å². The summed E-state index contributed by atoms with van der Waals surface area (Å²) in [5.41, 5.74) is 7.82. The molecule has 200 valence electrons. The molecule has 0 unspecified atom stereocenters. The molecular weight excluding hydrogens is 472 g/mol. The Bertz CT molecular complexity index is 1500. The standard InChI is InChI=1S/C35H38N2.C2H4/c1-26-19-24-34-33(25-26)36-35(37(34)31-16-5-3-2-4-6-17-31)30-22-20-27(21-23-30)11-9-13-29-15-10-14-28-12-7-8-18-32(28)29;1-2/h7-8,10,12,14-15,18-25,31H,2-6,9,11,13,16-17H2,1H3;1-2H2. The van der Waals surface area contributed by atoms with Gasteiger partial charge >= 0.3 is 0 Å². The molecule has 0 amide bonds. The smallest absolute Gasteiger partial charge is 0.141 e. The number of imidazole rings is 1. The lowest BCUT2D eigenvalue weighted by Gasteiger charge is -2.24. The molecule has 1 aliphatic rings. The average molecular weight is 515 g/mol. The van der Waals surface area contributed by atoms with Crippen molar-refractivity contribution in [1.29, 1.82) is 0 Å². The van der Waals surface area contributed by atoms with E-state index in [9.17, 15) is 0 Å². The van der Waals surface area contributed by atoms with Crippen LogP contribution in [0, 0.1) is 6.92 Å². The number of nitrogens with zero attached hydrogens (tertiary/aromatic N) is 2. The van der Waals surface area contributed by atoms with Crippen LogP contribution in [0.1, 0.15) is 74.1 Å². The van der Waals surface area contributed by atoms with Gasteiger partial charge in [-0.25, -0.2) is 4.98 Å². The minimum absolute atomic E-state index is 0.545. The Hall–Kier alpha value is -3.65. The quantitative estimate of drug-likeness (QED) is 0.206. The number of aromatic nitrogens is 2. The van der Waals surface area contributed by atoms with Crippen LogP contribution in [0.4, 0.5) is 0 Å². The lowest BCUT2D eigenvalue weighted by Crippen LogP contribution is -2.12. The normalized spacial score (nSPS) is 14.5. The Balaban J connectivity index is 0.00000151. The Morgan fingerprint density at radius 1 is 0.769 bits per heavy atom. The second-order valence-corrected chi connectivity index (χ2v) is 11.0. The number of hydrogen-bond acceptors (Lipinski definition) is 1. The summed E-state index contributed by atoms with van der Waals surface area (Å²) in [4.78, 5) is 5.20. The van der Waals surface area contributed by atoms with Crippen LogP contribution in [0.5, 0.6) is 0 Å². The Morgan fingerprint density at radius 3 is 2.28 bits per heavy atom. The highest BCUT2D eigenvalue weighted by molar-refractivity contribution is 5.85. The molecule has 0 aliphatic heterocycles. The van der Waals surface area contributed by atoms with E-state index in [4.69, 9.17) is 4.98 Å². The van der Waals surface area contributed by atoms with Gasteiger partial charge in [0.2, 0.25) is 0 Å². The molecule has 1 aromatic heterocycles. The van der Waals surface area contributed by atoms with Gasteiger partial charge in [-0.2, -0.15) is 0 Å². The van der Waals surface area contributed by atoms with Gasteiger partial charge in [-0.3, -0.25) is 0 Å². The lowest BCUT2D eigenvalue weighted by atomic mass is 9.96. The highest BCUT2D eigenvalue weighted by Crippen LogP contribution is 2.35. The molecule has 4 aromatic carbocycles. The molecule has 0 saturated heterocycles. The molecule has 1 saturated carbocycles. The Labute approximate surface area is 234 Å². The van der Waals surface area contributed by atoms with Crippen LogP contribution < -0.4 is 0 Å².